The van der Waals surface area contributed by atoms with Gasteiger partial charge in [-0.05, 0) is 19.8 Å². The van der Waals surface area contributed by atoms with Crippen LogP contribution in [0.5, 0.6) is 0 Å². The maximum absolute atomic E-state index is 11.2. The van der Waals surface area contributed by atoms with Crippen LogP contribution in [0.2, 0.25) is 0 Å². The van der Waals surface area contributed by atoms with Gasteiger partial charge >= 0.3 is 11.9 Å². The number of hydrogen-bond donors (Lipinski definition) is 0. The second-order valence-corrected chi connectivity index (χ2v) is 3.09. The molecule has 80 valence electrons. The summed E-state index contributed by atoms with van der Waals surface area (Å²) in [6.45, 7) is 5.53. The number of ether oxygens (including phenoxy) is 2. The molecule has 0 saturated carbocycles. The van der Waals surface area contributed by atoms with E-state index in [9.17, 15) is 9.59 Å². The lowest BCUT2D eigenvalue weighted by Gasteiger charge is -2.11. The van der Waals surface area contributed by atoms with E-state index in [0.29, 0.717) is 12.8 Å². The summed E-state index contributed by atoms with van der Waals surface area (Å²) in [6, 6.07) is 0. The fraction of sp³-hybridized carbons (Fsp3) is 0.600. The van der Waals surface area contributed by atoms with Crippen molar-refractivity contribution in [2.45, 2.75) is 19.8 Å². The summed E-state index contributed by atoms with van der Waals surface area (Å²) in [6.07, 6.45) is 0.990. The largest absolute Gasteiger partial charge is 0.468 e. The molecule has 0 rings (SSSR count). The molecule has 0 aliphatic rings. The molecule has 14 heavy (non-hydrogen) atoms. The van der Waals surface area contributed by atoms with Gasteiger partial charge in [-0.2, -0.15) is 0 Å². The van der Waals surface area contributed by atoms with Gasteiger partial charge in [-0.25, -0.2) is 0 Å². The molecule has 0 bridgehead atoms. The van der Waals surface area contributed by atoms with Crippen molar-refractivity contribution in [1.29, 1.82) is 0 Å². The zero-order valence-corrected chi connectivity index (χ0v) is 8.83. The van der Waals surface area contributed by atoms with E-state index in [2.05, 4.69) is 16.1 Å². The Hall–Kier alpha value is -1.32. The molecule has 0 fully saturated rings. The number of hydrogen-bond acceptors (Lipinski definition) is 4. The predicted molar refractivity (Wildman–Crippen MR) is 51.6 cm³/mol. The van der Waals surface area contributed by atoms with Crippen LogP contribution in [0.25, 0.3) is 0 Å². The lowest BCUT2D eigenvalue weighted by molar-refractivity contribution is -0.159. The number of allylic oxidation sites excluding steroid dienone is 1. The van der Waals surface area contributed by atoms with Gasteiger partial charge < -0.3 is 9.47 Å². The van der Waals surface area contributed by atoms with Gasteiger partial charge in [0.15, 0.2) is 5.92 Å². The first-order chi connectivity index (χ1) is 6.52. The zero-order valence-electron chi connectivity index (χ0n) is 8.83. The van der Waals surface area contributed by atoms with Crippen molar-refractivity contribution >= 4 is 11.9 Å². The van der Waals surface area contributed by atoms with Crippen LogP contribution in [0.15, 0.2) is 12.2 Å². The Kier molecular flexibility index (Phi) is 5.60. The summed E-state index contributed by atoms with van der Waals surface area (Å²) in [5, 5.41) is 0. The molecule has 0 aromatic heterocycles. The van der Waals surface area contributed by atoms with E-state index >= 15 is 0 Å². The van der Waals surface area contributed by atoms with Crippen LogP contribution in [0.3, 0.4) is 0 Å². The summed E-state index contributed by atoms with van der Waals surface area (Å²) in [4.78, 5) is 22.3. The second kappa shape index (κ2) is 6.18. The standard InChI is InChI=1S/C10H16O4/c1-7(2)5-6-8(9(11)13-3)10(12)14-4/h8H,1,5-6H2,2-4H3. The average Bonchev–Trinajstić information content (AvgIpc) is 2.16. The third kappa shape index (κ3) is 4.07. The Morgan fingerprint density at radius 3 is 1.93 bits per heavy atom. The maximum Gasteiger partial charge on any atom is 0.320 e. The molecule has 0 saturated heterocycles. The SMILES string of the molecule is C=C(C)CCC(C(=O)OC)C(=O)OC. The molecular formula is C10H16O4. The Labute approximate surface area is 83.9 Å². The fourth-order valence-electron chi connectivity index (χ4n) is 1.01. The van der Waals surface area contributed by atoms with Crippen LogP contribution in [-0.4, -0.2) is 26.2 Å². The molecule has 0 aliphatic heterocycles. The monoisotopic (exact) mass is 200 g/mol. The molecule has 0 atom stereocenters. The number of carbonyl (C=O) groups excluding carboxylic acids is 2. The van der Waals surface area contributed by atoms with Crippen molar-refractivity contribution in [2.24, 2.45) is 5.92 Å². The summed E-state index contributed by atoms with van der Waals surface area (Å²) >= 11 is 0. The van der Waals surface area contributed by atoms with E-state index in [0.717, 1.165) is 5.57 Å². The molecule has 0 heterocycles. The van der Waals surface area contributed by atoms with Gasteiger partial charge in [-0.1, -0.05) is 5.57 Å². The molecule has 0 radical (unpaired) electrons. The Morgan fingerprint density at radius 2 is 1.64 bits per heavy atom. The molecule has 0 spiro atoms. The third-order valence-electron chi connectivity index (χ3n) is 1.83. The number of esters is 2. The highest BCUT2D eigenvalue weighted by molar-refractivity contribution is 5.94. The highest BCUT2D eigenvalue weighted by atomic mass is 16.5. The first-order valence-electron chi connectivity index (χ1n) is 4.33. The molecule has 0 aromatic rings. The van der Waals surface area contributed by atoms with Gasteiger partial charge in [-0.15, -0.1) is 6.58 Å². The minimum atomic E-state index is -0.832. The fourth-order valence-corrected chi connectivity index (χ4v) is 1.01. The van der Waals surface area contributed by atoms with Gasteiger partial charge in [0.1, 0.15) is 0 Å². The van der Waals surface area contributed by atoms with E-state index < -0.39 is 17.9 Å². The van der Waals surface area contributed by atoms with Crippen molar-refractivity contribution in [2.75, 3.05) is 14.2 Å². The Morgan fingerprint density at radius 1 is 1.21 bits per heavy atom. The van der Waals surface area contributed by atoms with Crippen molar-refractivity contribution in [1.82, 2.24) is 0 Å². The molecule has 4 nitrogen and oxygen atoms in total. The molecule has 0 amide bonds. The smallest absolute Gasteiger partial charge is 0.320 e. The van der Waals surface area contributed by atoms with Gasteiger partial charge in [-0.3, -0.25) is 9.59 Å². The molecular weight excluding hydrogens is 184 g/mol. The highest BCUT2D eigenvalue weighted by Gasteiger charge is 2.27. The molecule has 0 unspecified atom stereocenters. The topological polar surface area (TPSA) is 52.6 Å². The average molecular weight is 200 g/mol. The number of rotatable bonds is 5. The minimum Gasteiger partial charge on any atom is -0.468 e. The van der Waals surface area contributed by atoms with E-state index in [-0.39, 0.29) is 0 Å². The second-order valence-electron chi connectivity index (χ2n) is 3.09. The Bertz CT molecular complexity index is 216. The number of carbonyl (C=O) groups is 2. The molecule has 0 aliphatic carbocycles. The van der Waals surface area contributed by atoms with Gasteiger partial charge in [0, 0.05) is 0 Å². The number of methoxy groups -OCH3 is 2. The highest BCUT2D eigenvalue weighted by Crippen LogP contribution is 2.13. The van der Waals surface area contributed by atoms with Gasteiger partial charge in [0.25, 0.3) is 0 Å². The van der Waals surface area contributed by atoms with Crippen LogP contribution in [0.4, 0.5) is 0 Å². The lowest BCUT2D eigenvalue weighted by atomic mass is 10.0. The molecule has 4 heteroatoms. The summed E-state index contributed by atoms with van der Waals surface area (Å²) in [5.41, 5.74) is 0.919. The van der Waals surface area contributed by atoms with Crippen molar-refractivity contribution in [3.05, 3.63) is 12.2 Å². The van der Waals surface area contributed by atoms with Crippen LogP contribution in [-0.2, 0) is 19.1 Å². The predicted octanol–water partition coefficient (Wildman–Crippen LogP) is 1.30. The van der Waals surface area contributed by atoms with Crippen LogP contribution < -0.4 is 0 Å². The molecule has 0 aromatic carbocycles. The molecule has 0 N–H and O–H groups in total. The first kappa shape index (κ1) is 12.7. The van der Waals surface area contributed by atoms with Crippen molar-refractivity contribution in [3.63, 3.8) is 0 Å². The summed E-state index contributed by atoms with van der Waals surface area (Å²) in [7, 11) is 2.50. The van der Waals surface area contributed by atoms with Crippen LogP contribution >= 0.6 is 0 Å². The van der Waals surface area contributed by atoms with Crippen molar-refractivity contribution < 1.29 is 19.1 Å². The van der Waals surface area contributed by atoms with E-state index in [4.69, 9.17) is 0 Å². The Balaban J connectivity index is 4.32. The third-order valence-corrected chi connectivity index (χ3v) is 1.83. The van der Waals surface area contributed by atoms with E-state index in [1.54, 1.807) is 0 Å². The van der Waals surface area contributed by atoms with Gasteiger partial charge in [0.05, 0.1) is 14.2 Å². The maximum atomic E-state index is 11.2. The van der Waals surface area contributed by atoms with Gasteiger partial charge in [0.2, 0.25) is 0 Å². The quantitative estimate of drug-likeness (QED) is 0.381. The summed E-state index contributed by atoms with van der Waals surface area (Å²) in [5.74, 6) is -1.95. The minimum absolute atomic E-state index is 0.384. The van der Waals surface area contributed by atoms with Crippen LogP contribution in [0, 0.1) is 5.92 Å². The van der Waals surface area contributed by atoms with E-state index in [1.165, 1.54) is 14.2 Å². The normalized spacial score (nSPS) is 9.71. The van der Waals surface area contributed by atoms with E-state index in [1.807, 2.05) is 6.92 Å². The first-order valence-corrected chi connectivity index (χ1v) is 4.33. The van der Waals surface area contributed by atoms with Crippen LogP contribution in [0.1, 0.15) is 19.8 Å². The summed E-state index contributed by atoms with van der Waals surface area (Å²) < 4.78 is 9.00. The van der Waals surface area contributed by atoms with Crippen molar-refractivity contribution in [3.8, 4) is 0 Å². The lowest BCUT2D eigenvalue weighted by Crippen LogP contribution is -2.26. The zero-order chi connectivity index (χ0) is 11.1.